The van der Waals surface area contributed by atoms with Gasteiger partial charge in [-0.1, -0.05) is 12.8 Å². The van der Waals surface area contributed by atoms with Crippen LogP contribution in [0.4, 0.5) is 11.8 Å². The summed E-state index contributed by atoms with van der Waals surface area (Å²) in [5.74, 6) is 3.72. The molecule has 7 rings (SSSR count). The Balaban J connectivity index is 1.14. The van der Waals surface area contributed by atoms with Crippen molar-refractivity contribution in [3.8, 4) is 0 Å². The quantitative estimate of drug-likeness (QED) is 0.345. The third-order valence-electron chi connectivity index (χ3n) is 8.53. The van der Waals surface area contributed by atoms with Gasteiger partial charge in [0.1, 0.15) is 17.9 Å². The number of aryl methyl sites for hydroxylation is 2. The van der Waals surface area contributed by atoms with Crippen LogP contribution in [0.1, 0.15) is 101 Å². The summed E-state index contributed by atoms with van der Waals surface area (Å²) in [6.07, 6.45) is 13.4. The molecule has 3 aromatic heterocycles. The number of hydrogen-bond donors (Lipinski definition) is 1. The average molecular weight is 519 g/mol. The Hall–Kier alpha value is -2.81. The van der Waals surface area contributed by atoms with Crippen LogP contribution in [0, 0.1) is 11.8 Å². The largest absolute Gasteiger partial charge is 0.309 e. The van der Waals surface area contributed by atoms with E-state index in [0.717, 1.165) is 66.4 Å². The predicted octanol–water partition coefficient (Wildman–Crippen LogP) is 5.32. The molecule has 37 heavy (non-hydrogen) atoms. The molecule has 0 amide bonds. The van der Waals surface area contributed by atoms with Crippen molar-refractivity contribution in [2.75, 3.05) is 5.32 Å². The second-order valence-corrected chi connectivity index (χ2v) is 12.8. The minimum absolute atomic E-state index is 0.165. The van der Waals surface area contributed by atoms with Gasteiger partial charge in [0.05, 0.1) is 5.69 Å². The van der Waals surface area contributed by atoms with Crippen molar-refractivity contribution in [3.63, 3.8) is 0 Å². The van der Waals surface area contributed by atoms with Crippen molar-refractivity contribution in [1.29, 1.82) is 0 Å². The van der Waals surface area contributed by atoms with E-state index in [2.05, 4.69) is 31.2 Å². The summed E-state index contributed by atoms with van der Waals surface area (Å²) in [6, 6.07) is 2.28. The molecule has 4 aliphatic carbocycles. The number of hydrogen-bond acceptors (Lipinski definition) is 7. The topological polar surface area (TPSA) is 94.7 Å². The predicted molar refractivity (Wildman–Crippen MR) is 142 cm³/mol. The highest BCUT2D eigenvalue weighted by molar-refractivity contribution is 7.12. The molecule has 0 saturated heterocycles. The van der Waals surface area contributed by atoms with Crippen LogP contribution >= 0.6 is 11.3 Å². The van der Waals surface area contributed by atoms with Crippen molar-refractivity contribution < 1.29 is 9.59 Å². The van der Waals surface area contributed by atoms with Crippen molar-refractivity contribution in [2.45, 2.75) is 89.0 Å². The smallest absolute Gasteiger partial charge is 0.230 e. The molecule has 0 aliphatic heterocycles. The number of rotatable bonds is 11. The summed E-state index contributed by atoms with van der Waals surface area (Å²) < 4.78 is 4.00. The maximum Gasteiger partial charge on any atom is 0.230 e. The van der Waals surface area contributed by atoms with Gasteiger partial charge in [-0.3, -0.25) is 18.8 Å². The number of ketones is 2. The normalized spacial score (nSPS) is 21.2. The molecule has 0 unspecified atom stereocenters. The lowest BCUT2D eigenvalue weighted by atomic mass is 9.88. The van der Waals surface area contributed by atoms with Gasteiger partial charge in [0.15, 0.2) is 5.78 Å². The molecule has 9 heteroatoms. The zero-order chi connectivity index (χ0) is 25.1. The van der Waals surface area contributed by atoms with E-state index in [0.29, 0.717) is 30.5 Å². The van der Waals surface area contributed by atoms with Crippen LogP contribution < -0.4 is 5.32 Å². The maximum absolute atomic E-state index is 13.5. The number of nitrogens with zero attached hydrogens (tertiary/aromatic N) is 5. The minimum atomic E-state index is 0.165. The average Bonchev–Trinajstić information content (AvgIpc) is 3.79. The van der Waals surface area contributed by atoms with E-state index in [4.69, 9.17) is 0 Å². The van der Waals surface area contributed by atoms with Gasteiger partial charge < -0.3 is 5.32 Å². The van der Waals surface area contributed by atoms with E-state index in [1.807, 2.05) is 11.7 Å². The molecule has 1 atom stereocenters. The van der Waals surface area contributed by atoms with Gasteiger partial charge in [-0.2, -0.15) is 5.10 Å². The Kier molecular flexibility index (Phi) is 5.79. The molecule has 8 nitrogen and oxygen atoms in total. The van der Waals surface area contributed by atoms with Crippen LogP contribution in [0.2, 0.25) is 0 Å². The monoisotopic (exact) mass is 518 g/mol. The highest BCUT2D eigenvalue weighted by atomic mass is 32.1. The van der Waals surface area contributed by atoms with E-state index in [9.17, 15) is 9.59 Å². The number of Topliss-reactive ketones (excluding diaryl/α,β-unsaturated/α-hetero) is 2. The number of carbonyl (C=O) groups excluding carboxylic acids is 2. The molecule has 0 bridgehead atoms. The Morgan fingerprint density at radius 2 is 1.97 bits per heavy atom. The molecule has 194 valence electrons. The van der Waals surface area contributed by atoms with Gasteiger partial charge in [-0.25, -0.2) is 0 Å². The van der Waals surface area contributed by atoms with Crippen molar-refractivity contribution in [1.82, 2.24) is 24.5 Å². The summed E-state index contributed by atoms with van der Waals surface area (Å²) in [6.45, 7) is 0. The number of thiophene rings is 1. The SMILES string of the molecule is Cn1nc(C2CC2)cc1Nc1nncn1[C@H]1CCc2sc(CC(=O)C3CC3)c(C(=O)CCC3CC3)c2C1. The van der Waals surface area contributed by atoms with Gasteiger partial charge in [0.25, 0.3) is 0 Å². The number of nitrogens with one attached hydrogen (secondary N) is 1. The van der Waals surface area contributed by atoms with Crippen LogP contribution in [0.5, 0.6) is 0 Å². The summed E-state index contributed by atoms with van der Waals surface area (Å²) in [5, 5.41) is 16.7. The first-order valence-electron chi connectivity index (χ1n) is 13.9. The fourth-order valence-electron chi connectivity index (χ4n) is 5.78. The minimum Gasteiger partial charge on any atom is -0.309 e. The Bertz CT molecular complexity index is 1360. The van der Waals surface area contributed by atoms with Gasteiger partial charge in [-0.05, 0) is 62.8 Å². The van der Waals surface area contributed by atoms with E-state index in [1.165, 1.54) is 36.1 Å². The number of carbonyl (C=O) groups is 2. The van der Waals surface area contributed by atoms with Crippen LogP contribution in [0.3, 0.4) is 0 Å². The molecular weight excluding hydrogens is 484 g/mol. The van der Waals surface area contributed by atoms with Crippen LogP contribution in [-0.4, -0.2) is 36.1 Å². The Morgan fingerprint density at radius 3 is 2.73 bits per heavy atom. The lowest BCUT2D eigenvalue weighted by Gasteiger charge is -2.25. The molecule has 4 aliphatic rings. The van der Waals surface area contributed by atoms with E-state index in [1.54, 1.807) is 17.7 Å². The molecule has 1 N–H and O–H groups in total. The van der Waals surface area contributed by atoms with Gasteiger partial charge in [0.2, 0.25) is 5.95 Å². The summed E-state index contributed by atoms with van der Waals surface area (Å²) >= 11 is 1.72. The third-order valence-corrected chi connectivity index (χ3v) is 9.82. The summed E-state index contributed by atoms with van der Waals surface area (Å²) in [5.41, 5.74) is 3.19. The highest BCUT2D eigenvalue weighted by Crippen LogP contribution is 2.43. The molecule has 0 radical (unpaired) electrons. The van der Waals surface area contributed by atoms with E-state index < -0.39 is 0 Å². The lowest BCUT2D eigenvalue weighted by Crippen LogP contribution is -2.20. The van der Waals surface area contributed by atoms with E-state index >= 15 is 0 Å². The number of anilines is 2. The summed E-state index contributed by atoms with van der Waals surface area (Å²) in [7, 11) is 1.96. The highest BCUT2D eigenvalue weighted by Gasteiger charge is 2.35. The second-order valence-electron chi connectivity index (χ2n) is 11.6. The van der Waals surface area contributed by atoms with Crippen LogP contribution in [-0.2, 0) is 31.1 Å². The van der Waals surface area contributed by atoms with Crippen LogP contribution in [0.15, 0.2) is 12.4 Å². The Morgan fingerprint density at radius 1 is 1.14 bits per heavy atom. The fourth-order valence-corrected chi connectivity index (χ4v) is 7.16. The first-order valence-corrected chi connectivity index (χ1v) is 14.7. The maximum atomic E-state index is 13.5. The third kappa shape index (κ3) is 4.78. The van der Waals surface area contributed by atoms with Crippen molar-refractivity contribution in [2.24, 2.45) is 18.9 Å². The zero-order valence-electron chi connectivity index (χ0n) is 21.4. The molecule has 3 fully saturated rings. The van der Waals surface area contributed by atoms with Crippen molar-refractivity contribution in [3.05, 3.63) is 39.0 Å². The molecule has 3 heterocycles. The molecule has 3 saturated carbocycles. The van der Waals surface area contributed by atoms with Crippen molar-refractivity contribution >= 4 is 34.7 Å². The number of fused-ring (bicyclic) bond motifs is 1. The first-order chi connectivity index (χ1) is 18.0. The zero-order valence-corrected chi connectivity index (χ0v) is 22.2. The molecular formula is C28H34N6O2S. The van der Waals surface area contributed by atoms with Gasteiger partial charge >= 0.3 is 0 Å². The lowest BCUT2D eigenvalue weighted by molar-refractivity contribution is -0.119. The van der Waals surface area contributed by atoms with Gasteiger partial charge in [0, 0.05) is 59.2 Å². The Labute approximate surface area is 220 Å². The molecule has 0 aromatic carbocycles. The van der Waals surface area contributed by atoms with E-state index in [-0.39, 0.29) is 17.7 Å². The first kappa shape index (κ1) is 23.3. The van der Waals surface area contributed by atoms with Crippen LogP contribution in [0.25, 0.3) is 0 Å². The summed E-state index contributed by atoms with van der Waals surface area (Å²) in [4.78, 5) is 28.6. The van der Waals surface area contributed by atoms with Gasteiger partial charge in [-0.15, -0.1) is 21.5 Å². The molecule has 0 spiro atoms. The second kappa shape index (κ2) is 9.19. The standard InChI is InChI=1S/C28H34N6O2S/c1-33-26(13-21(32-33)17-5-6-17)30-28-31-29-15-34(28)19-9-11-24-20(12-19)27(22(35)10-4-16-2-3-16)25(37-24)14-23(36)18-7-8-18/h13,15-19H,2-12,14H2,1H3,(H,30,31)/t19-/m0/s1. The fraction of sp³-hybridized carbons (Fsp3) is 0.607. The molecule has 3 aromatic rings. The number of aromatic nitrogens is 5.